The molecule has 5 nitrogen and oxygen atoms in total. The van der Waals surface area contributed by atoms with Crippen molar-refractivity contribution in [1.82, 2.24) is 15.0 Å². The second kappa shape index (κ2) is 7.25. The molecule has 0 atom stereocenters. The summed E-state index contributed by atoms with van der Waals surface area (Å²) in [5.41, 5.74) is 2.55. The lowest BCUT2D eigenvalue weighted by Gasteiger charge is -2.09. The first kappa shape index (κ1) is 16.7. The van der Waals surface area contributed by atoms with E-state index in [4.69, 9.17) is 4.74 Å². The molecule has 1 N–H and O–H groups in total. The third-order valence-electron chi connectivity index (χ3n) is 4.14. The summed E-state index contributed by atoms with van der Waals surface area (Å²) in [7, 11) is 1.51. The van der Waals surface area contributed by atoms with Crippen LogP contribution in [-0.4, -0.2) is 27.2 Å². The van der Waals surface area contributed by atoms with Crippen LogP contribution in [0.2, 0.25) is 0 Å². The predicted molar refractivity (Wildman–Crippen MR) is 104 cm³/mol. The normalized spacial score (nSPS) is 10.6. The highest BCUT2D eigenvalue weighted by Gasteiger charge is 2.13. The third-order valence-corrected chi connectivity index (χ3v) is 4.14. The van der Waals surface area contributed by atoms with Crippen molar-refractivity contribution in [3.63, 3.8) is 0 Å². The van der Waals surface area contributed by atoms with Gasteiger partial charge in [-0.1, -0.05) is 60.7 Å². The van der Waals surface area contributed by atoms with Gasteiger partial charge in [-0.25, -0.2) is 15.0 Å². The number of nitrogens with zero attached hydrogens (tertiary/aromatic N) is 3. The molecule has 5 heteroatoms. The van der Waals surface area contributed by atoms with E-state index in [-0.39, 0.29) is 5.75 Å². The molecule has 0 aliphatic rings. The van der Waals surface area contributed by atoms with Crippen molar-refractivity contribution in [2.75, 3.05) is 7.11 Å². The summed E-state index contributed by atoms with van der Waals surface area (Å²) in [6.45, 7) is 0. The van der Waals surface area contributed by atoms with Gasteiger partial charge in [-0.05, 0) is 18.2 Å². The SMILES string of the molecule is COc1cc(-c2nc(-c3ccccc3)nc(-c3ccccc3)n2)ccc1O. The van der Waals surface area contributed by atoms with Gasteiger partial charge in [0.2, 0.25) is 0 Å². The van der Waals surface area contributed by atoms with Gasteiger partial charge >= 0.3 is 0 Å². The lowest BCUT2D eigenvalue weighted by atomic mass is 10.1. The average Bonchev–Trinajstić information content (AvgIpc) is 2.75. The van der Waals surface area contributed by atoms with Crippen LogP contribution < -0.4 is 4.74 Å². The van der Waals surface area contributed by atoms with Crippen LogP contribution >= 0.6 is 0 Å². The van der Waals surface area contributed by atoms with Gasteiger partial charge in [0.05, 0.1) is 7.11 Å². The van der Waals surface area contributed by atoms with Crippen LogP contribution in [0.3, 0.4) is 0 Å². The number of hydrogen-bond acceptors (Lipinski definition) is 5. The number of phenols is 1. The molecular weight excluding hydrogens is 338 g/mol. The minimum atomic E-state index is 0.0712. The van der Waals surface area contributed by atoms with Gasteiger partial charge in [0.25, 0.3) is 0 Å². The standard InChI is InChI=1S/C22H17N3O2/c1-27-19-14-17(12-13-18(19)26)22-24-20(15-8-4-2-5-9-15)23-21(25-22)16-10-6-3-7-11-16/h2-14,26H,1H3. The maximum Gasteiger partial charge on any atom is 0.164 e. The van der Waals surface area contributed by atoms with E-state index < -0.39 is 0 Å². The van der Waals surface area contributed by atoms with Gasteiger partial charge in [-0.3, -0.25) is 0 Å². The van der Waals surface area contributed by atoms with Crippen LogP contribution in [0.4, 0.5) is 0 Å². The maximum atomic E-state index is 9.87. The summed E-state index contributed by atoms with van der Waals surface area (Å²) in [6.07, 6.45) is 0. The smallest absolute Gasteiger partial charge is 0.164 e. The van der Waals surface area contributed by atoms with E-state index in [1.165, 1.54) is 7.11 Å². The van der Waals surface area contributed by atoms with E-state index in [0.29, 0.717) is 23.2 Å². The van der Waals surface area contributed by atoms with Crippen molar-refractivity contribution in [2.24, 2.45) is 0 Å². The molecule has 27 heavy (non-hydrogen) atoms. The lowest BCUT2D eigenvalue weighted by molar-refractivity contribution is 0.373. The summed E-state index contributed by atoms with van der Waals surface area (Å²) in [4.78, 5) is 13.9. The molecule has 3 aromatic carbocycles. The molecule has 0 saturated carbocycles. The number of rotatable bonds is 4. The van der Waals surface area contributed by atoms with E-state index in [9.17, 15) is 5.11 Å². The Kier molecular flexibility index (Phi) is 4.49. The lowest BCUT2D eigenvalue weighted by Crippen LogP contribution is -2.00. The summed E-state index contributed by atoms with van der Waals surface area (Å²) in [6, 6.07) is 24.6. The minimum Gasteiger partial charge on any atom is -0.504 e. The van der Waals surface area contributed by atoms with E-state index in [2.05, 4.69) is 15.0 Å². The molecule has 0 radical (unpaired) electrons. The molecule has 4 aromatic rings. The van der Waals surface area contributed by atoms with Crippen LogP contribution in [0.1, 0.15) is 0 Å². The highest BCUT2D eigenvalue weighted by Crippen LogP contribution is 2.31. The Hall–Kier alpha value is -3.73. The summed E-state index contributed by atoms with van der Waals surface area (Å²) < 4.78 is 5.22. The first-order valence-corrected chi connectivity index (χ1v) is 8.49. The number of benzene rings is 3. The van der Waals surface area contributed by atoms with Gasteiger partial charge in [0.1, 0.15) is 0 Å². The summed E-state index contributed by atoms with van der Waals surface area (Å²) in [5.74, 6) is 2.14. The Morgan fingerprint density at radius 1 is 0.630 bits per heavy atom. The zero-order valence-corrected chi connectivity index (χ0v) is 14.7. The van der Waals surface area contributed by atoms with Crippen LogP contribution in [0.5, 0.6) is 11.5 Å². The van der Waals surface area contributed by atoms with Crippen molar-refractivity contribution in [3.8, 4) is 45.7 Å². The average molecular weight is 355 g/mol. The fraction of sp³-hybridized carbons (Fsp3) is 0.0455. The quantitative estimate of drug-likeness (QED) is 0.580. The molecule has 0 bridgehead atoms. The van der Waals surface area contributed by atoms with Crippen LogP contribution in [0.25, 0.3) is 34.2 Å². The molecule has 0 fully saturated rings. The Morgan fingerprint density at radius 2 is 1.11 bits per heavy atom. The third kappa shape index (κ3) is 3.48. The Morgan fingerprint density at radius 3 is 1.59 bits per heavy atom. The topological polar surface area (TPSA) is 68.1 Å². The molecule has 132 valence electrons. The van der Waals surface area contributed by atoms with E-state index in [1.807, 2.05) is 60.7 Å². The number of methoxy groups -OCH3 is 1. The molecule has 4 rings (SSSR count). The van der Waals surface area contributed by atoms with Gasteiger partial charge < -0.3 is 9.84 Å². The highest BCUT2D eigenvalue weighted by atomic mass is 16.5. The molecule has 1 heterocycles. The maximum absolute atomic E-state index is 9.87. The first-order valence-electron chi connectivity index (χ1n) is 8.49. The number of aromatic hydroxyl groups is 1. The van der Waals surface area contributed by atoms with Gasteiger partial charge in [0.15, 0.2) is 29.0 Å². The number of phenolic OH excluding ortho intramolecular Hbond substituents is 1. The Bertz CT molecular complexity index is 1010. The predicted octanol–water partition coefficient (Wildman–Crippen LogP) is 4.59. The molecule has 0 aliphatic heterocycles. The molecule has 0 spiro atoms. The highest BCUT2D eigenvalue weighted by molar-refractivity contribution is 5.67. The summed E-state index contributed by atoms with van der Waals surface area (Å²) >= 11 is 0. The monoisotopic (exact) mass is 355 g/mol. The van der Waals surface area contributed by atoms with Crippen LogP contribution in [0.15, 0.2) is 78.9 Å². The van der Waals surface area contributed by atoms with Crippen molar-refractivity contribution >= 4 is 0 Å². The van der Waals surface area contributed by atoms with Crippen molar-refractivity contribution in [3.05, 3.63) is 78.9 Å². The van der Waals surface area contributed by atoms with Crippen LogP contribution in [0, 0.1) is 0 Å². The number of hydrogen-bond donors (Lipinski definition) is 1. The van der Waals surface area contributed by atoms with E-state index in [0.717, 1.165) is 16.7 Å². The fourth-order valence-electron chi connectivity index (χ4n) is 2.75. The molecule has 1 aromatic heterocycles. The van der Waals surface area contributed by atoms with Gasteiger partial charge in [-0.15, -0.1) is 0 Å². The number of ether oxygens (including phenoxy) is 1. The Labute approximate surface area is 157 Å². The summed E-state index contributed by atoms with van der Waals surface area (Å²) in [5, 5.41) is 9.87. The Balaban J connectivity index is 1.91. The van der Waals surface area contributed by atoms with Crippen LogP contribution in [-0.2, 0) is 0 Å². The van der Waals surface area contributed by atoms with Crippen molar-refractivity contribution < 1.29 is 9.84 Å². The largest absolute Gasteiger partial charge is 0.504 e. The van der Waals surface area contributed by atoms with Crippen molar-refractivity contribution in [1.29, 1.82) is 0 Å². The minimum absolute atomic E-state index is 0.0712. The van der Waals surface area contributed by atoms with Gasteiger partial charge in [-0.2, -0.15) is 0 Å². The molecule has 0 saturated heterocycles. The molecule has 0 amide bonds. The molecule has 0 aliphatic carbocycles. The fourth-order valence-corrected chi connectivity index (χ4v) is 2.75. The van der Waals surface area contributed by atoms with E-state index >= 15 is 0 Å². The second-order valence-corrected chi connectivity index (χ2v) is 5.92. The molecular formula is C22H17N3O2. The van der Waals surface area contributed by atoms with E-state index in [1.54, 1.807) is 18.2 Å². The number of aromatic nitrogens is 3. The molecule has 0 unspecified atom stereocenters. The van der Waals surface area contributed by atoms with Gasteiger partial charge in [0, 0.05) is 16.7 Å². The zero-order chi connectivity index (χ0) is 18.6. The second-order valence-electron chi connectivity index (χ2n) is 5.92. The first-order chi connectivity index (χ1) is 13.2. The zero-order valence-electron chi connectivity index (χ0n) is 14.7. The van der Waals surface area contributed by atoms with Crippen molar-refractivity contribution in [2.45, 2.75) is 0 Å².